The molecule has 1 N–H and O–H groups in total. The Balaban J connectivity index is 1.45. The Morgan fingerprint density at radius 3 is 2.62 bits per heavy atom. The molecule has 1 aliphatic rings. The van der Waals surface area contributed by atoms with E-state index >= 15 is 0 Å². The Morgan fingerprint density at radius 1 is 1.24 bits per heavy atom. The van der Waals surface area contributed by atoms with Gasteiger partial charge in [-0.05, 0) is 24.3 Å². The van der Waals surface area contributed by atoms with Gasteiger partial charge in [0, 0.05) is 32.5 Å². The number of imidazole rings is 1. The van der Waals surface area contributed by atoms with E-state index in [-0.39, 0.29) is 16.5 Å². The fourth-order valence-electron chi connectivity index (χ4n) is 3.87. The van der Waals surface area contributed by atoms with Gasteiger partial charge < -0.3 is 14.6 Å². The SMILES string of the molecule is Cn1ccnc1C(O)C1CCN(c2cnn(Cc3ccccc3)c(=O)c2Cl)CC1. The van der Waals surface area contributed by atoms with Crippen molar-refractivity contribution in [2.45, 2.75) is 25.5 Å². The maximum atomic E-state index is 12.7. The van der Waals surface area contributed by atoms with Crippen LogP contribution in [0.1, 0.15) is 30.3 Å². The van der Waals surface area contributed by atoms with E-state index in [4.69, 9.17) is 11.6 Å². The molecule has 1 aromatic carbocycles. The molecule has 0 saturated carbocycles. The molecular weight excluding hydrogens is 390 g/mol. The molecule has 29 heavy (non-hydrogen) atoms. The lowest BCUT2D eigenvalue weighted by Crippen LogP contribution is -2.37. The van der Waals surface area contributed by atoms with Crippen LogP contribution in [-0.4, -0.2) is 37.5 Å². The zero-order valence-electron chi connectivity index (χ0n) is 16.3. The van der Waals surface area contributed by atoms with E-state index in [1.807, 2.05) is 48.1 Å². The number of aliphatic hydroxyl groups is 1. The minimum Gasteiger partial charge on any atom is -0.385 e. The highest BCUT2D eigenvalue weighted by Gasteiger charge is 2.29. The molecule has 3 aromatic rings. The number of rotatable bonds is 5. The van der Waals surface area contributed by atoms with Crippen molar-refractivity contribution < 1.29 is 5.11 Å². The van der Waals surface area contributed by atoms with E-state index in [0.29, 0.717) is 31.1 Å². The molecule has 3 heterocycles. The maximum absolute atomic E-state index is 12.7. The first kappa shape index (κ1) is 19.7. The minimum absolute atomic E-state index is 0.123. The van der Waals surface area contributed by atoms with Gasteiger partial charge in [0.1, 0.15) is 17.0 Å². The fraction of sp³-hybridized carbons (Fsp3) is 0.381. The smallest absolute Gasteiger partial charge is 0.287 e. The zero-order valence-corrected chi connectivity index (χ0v) is 17.0. The predicted molar refractivity (Wildman–Crippen MR) is 112 cm³/mol. The van der Waals surface area contributed by atoms with Crippen molar-refractivity contribution in [3.8, 4) is 0 Å². The van der Waals surface area contributed by atoms with Crippen LogP contribution in [0.15, 0.2) is 53.7 Å². The van der Waals surface area contributed by atoms with Gasteiger partial charge in [0.2, 0.25) is 0 Å². The van der Waals surface area contributed by atoms with Gasteiger partial charge in [-0.1, -0.05) is 41.9 Å². The summed E-state index contributed by atoms with van der Waals surface area (Å²) in [5.74, 6) is 0.809. The summed E-state index contributed by atoms with van der Waals surface area (Å²) in [6, 6.07) is 9.70. The van der Waals surface area contributed by atoms with Crippen molar-refractivity contribution in [1.82, 2.24) is 19.3 Å². The van der Waals surface area contributed by atoms with Crippen molar-refractivity contribution in [3.63, 3.8) is 0 Å². The molecule has 7 nitrogen and oxygen atoms in total. The van der Waals surface area contributed by atoms with Gasteiger partial charge in [-0.25, -0.2) is 9.67 Å². The summed E-state index contributed by atoms with van der Waals surface area (Å²) in [7, 11) is 1.89. The lowest BCUT2D eigenvalue weighted by molar-refractivity contribution is 0.0825. The fourth-order valence-corrected chi connectivity index (χ4v) is 4.14. The van der Waals surface area contributed by atoms with Gasteiger partial charge in [-0.2, -0.15) is 5.10 Å². The number of hydrogen-bond acceptors (Lipinski definition) is 5. The Labute approximate surface area is 174 Å². The molecule has 0 aliphatic carbocycles. The first-order valence-electron chi connectivity index (χ1n) is 9.74. The number of piperidine rings is 1. The number of aliphatic hydroxyl groups excluding tert-OH is 1. The van der Waals surface area contributed by atoms with Gasteiger partial charge in [-0.15, -0.1) is 0 Å². The summed E-state index contributed by atoms with van der Waals surface area (Å²) in [5.41, 5.74) is 1.36. The predicted octanol–water partition coefficient (Wildman–Crippen LogP) is 2.63. The van der Waals surface area contributed by atoms with E-state index in [2.05, 4.69) is 15.0 Å². The van der Waals surface area contributed by atoms with Crippen LogP contribution in [-0.2, 0) is 13.6 Å². The molecular formula is C21H24ClN5O2. The first-order chi connectivity index (χ1) is 14.0. The summed E-state index contributed by atoms with van der Waals surface area (Å²) in [6.45, 7) is 1.79. The number of anilines is 1. The summed E-state index contributed by atoms with van der Waals surface area (Å²) in [4.78, 5) is 19.0. The first-order valence-corrected chi connectivity index (χ1v) is 10.1. The second-order valence-electron chi connectivity index (χ2n) is 7.46. The average Bonchev–Trinajstić information content (AvgIpc) is 3.18. The second-order valence-corrected chi connectivity index (χ2v) is 7.84. The van der Waals surface area contributed by atoms with E-state index < -0.39 is 6.10 Å². The molecule has 1 atom stereocenters. The third-order valence-corrected chi connectivity index (χ3v) is 5.95. The highest BCUT2D eigenvalue weighted by molar-refractivity contribution is 6.33. The molecule has 1 unspecified atom stereocenters. The van der Waals surface area contributed by atoms with Crippen LogP contribution in [0.25, 0.3) is 0 Å². The van der Waals surface area contributed by atoms with Crippen LogP contribution in [0.3, 0.4) is 0 Å². The van der Waals surface area contributed by atoms with E-state index in [1.54, 1.807) is 12.4 Å². The largest absolute Gasteiger partial charge is 0.385 e. The Bertz CT molecular complexity index is 1030. The lowest BCUT2D eigenvalue weighted by atomic mass is 9.90. The van der Waals surface area contributed by atoms with Gasteiger partial charge in [0.15, 0.2) is 0 Å². The standard InChI is InChI=1S/C21H24ClN5O2/c1-25-12-9-23-20(25)19(28)16-7-10-26(11-8-16)17-13-24-27(21(29)18(17)22)14-15-5-3-2-4-6-15/h2-6,9,12-13,16,19,28H,7-8,10-11,14H2,1H3. The molecule has 1 aliphatic heterocycles. The van der Waals surface area contributed by atoms with Gasteiger partial charge in [-0.3, -0.25) is 4.79 Å². The molecule has 0 spiro atoms. The van der Waals surface area contributed by atoms with Crippen LogP contribution in [0.2, 0.25) is 5.02 Å². The third kappa shape index (κ3) is 4.06. The van der Waals surface area contributed by atoms with Crippen LogP contribution in [0, 0.1) is 5.92 Å². The Morgan fingerprint density at radius 2 is 1.97 bits per heavy atom. The second kappa shape index (κ2) is 8.39. The quantitative estimate of drug-likeness (QED) is 0.695. The number of hydrogen-bond donors (Lipinski definition) is 1. The number of aryl methyl sites for hydroxylation is 1. The molecule has 4 rings (SSSR count). The Hall–Kier alpha value is -2.64. The summed E-state index contributed by atoms with van der Waals surface area (Å²) in [6.07, 6.45) is 6.19. The number of aromatic nitrogens is 4. The molecule has 0 amide bonds. The lowest BCUT2D eigenvalue weighted by Gasteiger charge is -2.35. The van der Waals surface area contributed by atoms with Crippen LogP contribution in [0.4, 0.5) is 5.69 Å². The van der Waals surface area contributed by atoms with E-state index in [0.717, 1.165) is 18.4 Å². The highest BCUT2D eigenvalue weighted by atomic mass is 35.5. The molecule has 1 saturated heterocycles. The summed E-state index contributed by atoms with van der Waals surface area (Å²) < 4.78 is 3.24. The Kier molecular flexibility index (Phi) is 5.69. The normalized spacial score (nSPS) is 16.2. The van der Waals surface area contributed by atoms with Crippen molar-refractivity contribution in [2.75, 3.05) is 18.0 Å². The van der Waals surface area contributed by atoms with Crippen molar-refractivity contribution in [2.24, 2.45) is 13.0 Å². The van der Waals surface area contributed by atoms with Crippen LogP contribution in [0.5, 0.6) is 0 Å². The minimum atomic E-state index is -0.593. The topological polar surface area (TPSA) is 76.2 Å². The van der Waals surface area contributed by atoms with Crippen molar-refractivity contribution in [3.05, 3.63) is 75.7 Å². The summed E-state index contributed by atoms with van der Waals surface area (Å²) in [5, 5.41) is 15.2. The molecule has 0 bridgehead atoms. The number of nitrogens with zero attached hydrogens (tertiary/aromatic N) is 5. The van der Waals surface area contributed by atoms with E-state index in [9.17, 15) is 9.90 Å². The van der Waals surface area contributed by atoms with Crippen LogP contribution >= 0.6 is 11.6 Å². The zero-order chi connectivity index (χ0) is 20.4. The number of halogens is 1. The maximum Gasteiger partial charge on any atom is 0.287 e. The molecule has 152 valence electrons. The number of benzene rings is 1. The van der Waals surface area contributed by atoms with E-state index in [1.165, 1.54) is 4.68 Å². The monoisotopic (exact) mass is 413 g/mol. The molecule has 2 aromatic heterocycles. The van der Waals surface area contributed by atoms with Crippen LogP contribution < -0.4 is 10.5 Å². The van der Waals surface area contributed by atoms with Crippen molar-refractivity contribution in [1.29, 1.82) is 0 Å². The third-order valence-electron chi connectivity index (χ3n) is 5.59. The van der Waals surface area contributed by atoms with Gasteiger partial charge in [0.25, 0.3) is 5.56 Å². The summed E-state index contributed by atoms with van der Waals surface area (Å²) >= 11 is 6.42. The molecule has 1 fully saturated rings. The average molecular weight is 414 g/mol. The molecule has 8 heteroatoms. The van der Waals surface area contributed by atoms with Crippen molar-refractivity contribution >= 4 is 17.3 Å². The molecule has 0 radical (unpaired) electrons. The van der Waals surface area contributed by atoms with Gasteiger partial charge in [0.05, 0.1) is 18.4 Å². The highest BCUT2D eigenvalue weighted by Crippen LogP contribution is 2.32. The van der Waals surface area contributed by atoms with Gasteiger partial charge >= 0.3 is 0 Å².